The number of oxazole rings is 1. The number of anilines is 1. The zero-order chi connectivity index (χ0) is 20.6. The van der Waals surface area contributed by atoms with Crippen molar-refractivity contribution in [2.45, 2.75) is 25.3 Å². The van der Waals surface area contributed by atoms with Gasteiger partial charge in [-0.25, -0.2) is 13.2 Å². The zero-order valence-electron chi connectivity index (χ0n) is 16.0. The predicted molar refractivity (Wildman–Crippen MR) is 113 cm³/mol. The number of fused-ring (bicyclic) bond motifs is 1. The third-order valence-corrected chi connectivity index (χ3v) is 5.99. The number of hydrogen-bond acceptors (Lipinski definition) is 4. The van der Waals surface area contributed by atoms with Crippen molar-refractivity contribution in [3.05, 3.63) is 94.0 Å². The maximum absolute atomic E-state index is 12.8. The van der Waals surface area contributed by atoms with Crippen LogP contribution in [-0.4, -0.2) is 13.0 Å². The Morgan fingerprint density at radius 3 is 2.31 bits per heavy atom. The van der Waals surface area contributed by atoms with E-state index in [0.29, 0.717) is 17.7 Å². The number of rotatable bonds is 5. The first-order valence-electron chi connectivity index (χ1n) is 9.10. The van der Waals surface area contributed by atoms with E-state index >= 15 is 0 Å². The lowest BCUT2D eigenvalue weighted by atomic mass is 10.1. The Kier molecular flexibility index (Phi) is 4.76. The van der Waals surface area contributed by atoms with E-state index in [0.717, 1.165) is 16.7 Å². The van der Waals surface area contributed by atoms with Crippen molar-refractivity contribution in [2.75, 3.05) is 4.72 Å². The Morgan fingerprint density at radius 2 is 1.62 bits per heavy atom. The summed E-state index contributed by atoms with van der Waals surface area (Å²) in [6.07, 6.45) is 0. The molecule has 1 N–H and O–H groups in total. The second-order valence-electron chi connectivity index (χ2n) is 7.05. The first-order chi connectivity index (χ1) is 13.8. The van der Waals surface area contributed by atoms with Crippen molar-refractivity contribution in [2.24, 2.45) is 0 Å². The molecule has 3 aromatic carbocycles. The smallest absolute Gasteiger partial charge is 0.408 e. The van der Waals surface area contributed by atoms with E-state index in [4.69, 9.17) is 4.42 Å². The molecule has 6 nitrogen and oxygen atoms in total. The van der Waals surface area contributed by atoms with Gasteiger partial charge < -0.3 is 4.42 Å². The third kappa shape index (κ3) is 3.95. The van der Waals surface area contributed by atoms with Crippen molar-refractivity contribution in [1.82, 2.24) is 4.57 Å². The zero-order valence-corrected chi connectivity index (χ0v) is 16.9. The molecule has 148 valence electrons. The van der Waals surface area contributed by atoms with Crippen LogP contribution in [0.25, 0.3) is 11.1 Å². The molecule has 0 bridgehead atoms. The Balaban J connectivity index is 1.69. The van der Waals surface area contributed by atoms with Gasteiger partial charge in [-0.1, -0.05) is 36.4 Å². The highest BCUT2D eigenvalue weighted by Gasteiger charge is 2.18. The molecule has 4 aromatic rings. The van der Waals surface area contributed by atoms with E-state index in [9.17, 15) is 13.2 Å². The highest BCUT2D eigenvalue weighted by Crippen LogP contribution is 2.23. The fraction of sp³-hybridized carbons (Fsp3) is 0.136. The molecular weight excluding hydrogens is 388 g/mol. The van der Waals surface area contributed by atoms with Gasteiger partial charge in [0.1, 0.15) is 0 Å². The first-order valence-corrected chi connectivity index (χ1v) is 10.6. The van der Waals surface area contributed by atoms with Gasteiger partial charge >= 0.3 is 5.76 Å². The van der Waals surface area contributed by atoms with Crippen LogP contribution in [0.3, 0.4) is 0 Å². The molecule has 7 heteroatoms. The molecule has 0 saturated heterocycles. The molecule has 29 heavy (non-hydrogen) atoms. The summed E-state index contributed by atoms with van der Waals surface area (Å²) in [4.78, 5) is 12.3. The minimum Gasteiger partial charge on any atom is -0.408 e. The highest BCUT2D eigenvalue weighted by atomic mass is 32.2. The van der Waals surface area contributed by atoms with Crippen LogP contribution in [0.4, 0.5) is 5.69 Å². The lowest BCUT2D eigenvalue weighted by molar-refractivity contribution is 0.517. The van der Waals surface area contributed by atoms with Crippen LogP contribution in [0.15, 0.2) is 80.8 Å². The van der Waals surface area contributed by atoms with Gasteiger partial charge in [-0.05, 0) is 54.8 Å². The Hall–Kier alpha value is -3.32. The number of hydrogen-bond donors (Lipinski definition) is 1. The molecular formula is C22H20N2O4S. The summed E-state index contributed by atoms with van der Waals surface area (Å²) in [5.41, 5.74) is 4.14. The summed E-state index contributed by atoms with van der Waals surface area (Å²) < 4.78 is 35.0. The van der Waals surface area contributed by atoms with Gasteiger partial charge in [-0.15, -0.1) is 0 Å². The van der Waals surface area contributed by atoms with Crippen molar-refractivity contribution in [3.8, 4) is 0 Å². The molecule has 4 rings (SSSR count). The normalized spacial score (nSPS) is 11.7. The van der Waals surface area contributed by atoms with E-state index in [1.54, 1.807) is 18.2 Å². The molecule has 0 aliphatic rings. The Labute approximate surface area is 168 Å². The van der Waals surface area contributed by atoms with Gasteiger partial charge in [-0.3, -0.25) is 9.29 Å². The molecule has 0 atom stereocenters. The van der Waals surface area contributed by atoms with Gasteiger partial charge in [0.25, 0.3) is 10.0 Å². The van der Waals surface area contributed by atoms with E-state index in [-0.39, 0.29) is 10.5 Å². The monoisotopic (exact) mass is 408 g/mol. The van der Waals surface area contributed by atoms with Crippen molar-refractivity contribution < 1.29 is 12.8 Å². The lowest BCUT2D eigenvalue weighted by Crippen LogP contribution is -2.15. The summed E-state index contributed by atoms with van der Waals surface area (Å²) in [7, 11) is -3.82. The number of sulfonamides is 1. The van der Waals surface area contributed by atoms with Gasteiger partial charge in [0.15, 0.2) is 5.58 Å². The van der Waals surface area contributed by atoms with Crippen LogP contribution in [0, 0.1) is 13.8 Å². The van der Waals surface area contributed by atoms with Crippen LogP contribution in [0.1, 0.15) is 16.7 Å². The molecule has 1 heterocycles. The highest BCUT2D eigenvalue weighted by molar-refractivity contribution is 7.92. The minimum absolute atomic E-state index is 0.0322. The van der Waals surface area contributed by atoms with Crippen LogP contribution >= 0.6 is 0 Å². The van der Waals surface area contributed by atoms with Crippen LogP contribution in [0.5, 0.6) is 0 Å². The third-order valence-electron chi connectivity index (χ3n) is 4.61. The van der Waals surface area contributed by atoms with Crippen LogP contribution in [-0.2, 0) is 16.6 Å². The molecule has 0 amide bonds. The second kappa shape index (κ2) is 7.25. The van der Waals surface area contributed by atoms with Gasteiger partial charge in [-0.2, -0.15) is 0 Å². The number of nitrogens with zero attached hydrogens (tertiary/aromatic N) is 1. The summed E-state index contributed by atoms with van der Waals surface area (Å²) in [6.45, 7) is 4.15. The minimum atomic E-state index is -3.82. The predicted octanol–water partition coefficient (Wildman–Crippen LogP) is 4.06. The fourth-order valence-corrected chi connectivity index (χ4v) is 4.43. The number of nitrogens with one attached hydrogen (secondary N) is 1. The maximum Gasteiger partial charge on any atom is 0.420 e. The fourth-order valence-electron chi connectivity index (χ4n) is 3.38. The van der Waals surface area contributed by atoms with E-state index in [2.05, 4.69) is 4.72 Å². The quantitative estimate of drug-likeness (QED) is 0.540. The van der Waals surface area contributed by atoms with Crippen molar-refractivity contribution in [3.63, 3.8) is 0 Å². The number of aryl methyl sites for hydroxylation is 2. The summed E-state index contributed by atoms with van der Waals surface area (Å²) in [5, 5.41) is 0. The maximum atomic E-state index is 12.8. The van der Waals surface area contributed by atoms with Crippen LogP contribution in [0.2, 0.25) is 0 Å². The number of aromatic nitrogens is 1. The Morgan fingerprint density at radius 1 is 0.931 bits per heavy atom. The average molecular weight is 408 g/mol. The van der Waals surface area contributed by atoms with Gasteiger partial charge in [0.2, 0.25) is 0 Å². The molecule has 0 spiro atoms. The molecule has 0 unspecified atom stereocenters. The summed E-state index contributed by atoms with van der Waals surface area (Å²) in [5.74, 6) is -0.527. The molecule has 0 aliphatic heterocycles. The van der Waals surface area contributed by atoms with E-state index in [1.807, 2.05) is 50.2 Å². The van der Waals surface area contributed by atoms with Crippen LogP contribution < -0.4 is 10.5 Å². The van der Waals surface area contributed by atoms with Crippen molar-refractivity contribution >= 4 is 26.8 Å². The SMILES string of the molecule is Cc1cc(C)cc(NS(=O)(=O)c2ccc3c(c2)oc(=O)n3Cc2ccccc2)c1. The second-order valence-corrected chi connectivity index (χ2v) is 8.73. The summed E-state index contributed by atoms with van der Waals surface area (Å²) in [6, 6.07) is 19.5. The average Bonchev–Trinajstić information content (AvgIpc) is 2.96. The van der Waals surface area contributed by atoms with E-state index in [1.165, 1.54) is 16.7 Å². The first kappa shape index (κ1) is 19.0. The molecule has 0 radical (unpaired) electrons. The summed E-state index contributed by atoms with van der Waals surface area (Å²) >= 11 is 0. The van der Waals surface area contributed by atoms with Gasteiger partial charge in [0, 0.05) is 11.8 Å². The van der Waals surface area contributed by atoms with Gasteiger partial charge in [0.05, 0.1) is 17.0 Å². The Bertz CT molecular complexity index is 1330. The molecule has 0 aliphatic carbocycles. The largest absolute Gasteiger partial charge is 0.420 e. The molecule has 1 aromatic heterocycles. The topological polar surface area (TPSA) is 81.3 Å². The molecule has 0 fully saturated rings. The molecule has 0 saturated carbocycles. The van der Waals surface area contributed by atoms with E-state index < -0.39 is 15.8 Å². The van der Waals surface area contributed by atoms with Crippen molar-refractivity contribution in [1.29, 1.82) is 0 Å². The standard InChI is InChI=1S/C22H20N2O4S/c1-15-10-16(2)12-18(11-15)23-29(26,27)19-8-9-20-21(13-19)28-22(25)24(20)14-17-6-4-3-5-7-17/h3-13,23H,14H2,1-2H3. The lowest BCUT2D eigenvalue weighted by Gasteiger charge is -2.10. The number of benzene rings is 3.